The van der Waals surface area contributed by atoms with Crippen LogP contribution in [0.15, 0.2) is 0 Å². The molecule has 9 fully saturated rings. The normalized spacial score (nSPS) is 22.6. The van der Waals surface area contributed by atoms with E-state index in [-0.39, 0.29) is 168 Å². The Morgan fingerprint density at radius 2 is 0.303 bits per heavy atom. The number of hydrogen-bond acceptors (Lipinski definition) is 28. The van der Waals surface area contributed by atoms with Crippen LogP contribution in [0.3, 0.4) is 0 Å². The number of likely N-dealkylation sites (tertiary alicyclic amines) is 9. The Balaban J connectivity index is 0.840. The van der Waals surface area contributed by atoms with Gasteiger partial charge >= 0.3 is 59.7 Å². The van der Waals surface area contributed by atoms with Gasteiger partial charge in [0.1, 0.15) is 103 Å². The van der Waals surface area contributed by atoms with E-state index >= 15 is 0 Å². The van der Waals surface area contributed by atoms with Crippen LogP contribution in [0.5, 0.6) is 0 Å². The molecule has 9 aliphatic heterocycles. The van der Waals surface area contributed by atoms with Crippen molar-refractivity contribution < 1.29 is 181 Å². The smallest absolute Gasteiger partial charge is 0.326 e. The van der Waals surface area contributed by atoms with Crippen LogP contribution < -0.4 is 48.3 Å². The van der Waals surface area contributed by atoms with Gasteiger partial charge in [0.15, 0.2) is 0 Å². The summed E-state index contributed by atoms with van der Waals surface area (Å²) in [6.45, 7) is -1.41. The molecule has 9 heterocycles. The van der Waals surface area contributed by atoms with Crippen molar-refractivity contribution in [3.63, 3.8) is 0 Å². The van der Waals surface area contributed by atoms with E-state index in [4.69, 9.17) is 10.8 Å². The largest absolute Gasteiger partial charge is 0.481 e. The summed E-state index contributed by atoms with van der Waals surface area (Å²) in [5, 5.41) is 117. The highest BCUT2D eigenvalue weighted by Gasteiger charge is 2.51. The number of carboxylic acid groups (broad SMARTS) is 10. The number of nitrogens with one attached hydrogen (secondary N) is 8. The van der Waals surface area contributed by atoms with E-state index in [1.54, 1.807) is 0 Å². The van der Waals surface area contributed by atoms with Gasteiger partial charge < -0.3 is 143 Å². The molecular formula is C90H128N18O37. The van der Waals surface area contributed by atoms with Crippen LogP contribution in [0.1, 0.15) is 231 Å². The summed E-state index contributed by atoms with van der Waals surface area (Å²) in [6.07, 6.45) is -10.8. The first kappa shape index (κ1) is 114. The fourth-order valence-electron chi connectivity index (χ4n) is 20.3. The lowest BCUT2D eigenvalue weighted by Crippen LogP contribution is -2.60. The Kier molecular flexibility index (Phi) is 42.0. The molecule has 0 aliphatic carbocycles. The van der Waals surface area contributed by atoms with Crippen molar-refractivity contribution in [1.29, 1.82) is 0 Å². The van der Waals surface area contributed by atoms with Crippen LogP contribution in [-0.2, 0) is 129 Å². The van der Waals surface area contributed by atoms with E-state index in [1.807, 2.05) is 0 Å². The summed E-state index contributed by atoms with van der Waals surface area (Å²) in [5.74, 6) is -30.9. The molecule has 20 N–H and O–H groups in total. The van der Waals surface area contributed by atoms with Crippen LogP contribution in [-0.4, -0.2) is 423 Å². The van der Waals surface area contributed by atoms with Crippen molar-refractivity contribution in [2.75, 3.05) is 58.9 Å². The zero-order chi connectivity index (χ0) is 107. The second kappa shape index (κ2) is 53.3. The van der Waals surface area contributed by atoms with E-state index in [1.165, 1.54) is 0 Å². The molecule has 55 heteroatoms. The van der Waals surface area contributed by atoms with Crippen LogP contribution in [0.25, 0.3) is 0 Å². The molecule has 145 heavy (non-hydrogen) atoms. The van der Waals surface area contributed by atoms with Gasteiger partial charge in [0.25, 0.3) is 0 Å². The highest BCUT2D eigenvalue weighted by Crippen LogP contribution is 2.32. The molecule has 18 atom stereocenters. The Labute approximate surface area is 828 Å². The molecule has 0 spiro atoms. The highest BCUT2D eigenvalue weighted by atomic mass is 16.4. The number of aliphatic carboxylic acids is 10. The fourth-order valence-corrected chi connectivity index (χ4v) is 20.3. The van der Waals surface area contributed by atoms with E-state index < -0.39 is 378 Å². The van der Waals surface area contributed by atoms with Crippen molar-refractivity contribution in [2.24, 2.45) is 5.73 Å². The second-order valence-electron chi connectivity index (χ2n) is 37.5. The third-order valence-electron chi connectivity index (χ3n) is 27.6. The number of hydrogen-bond donors (Lipinski definition) is 19. The topological polar surface area (TPSA) is 815 Å². The van der Waals surface area contributed by atoms with E-state index in [0.29, 0.717) is 12.8 Å². The van der Waals surface area contributed by atoms with E-state index in [9.17, 15) is 175 Å². The van der Waals surface area contributed by atoms with E-state index in [0.717, 1.165) is 44.1 Å². The number of carbonyl (C=O) groups is 27. The molecule has 0 aromatic heterocycles. The first-order valence-corrected chi connectivity index (χ1v) is 48.8. The average molecular weight is 2050 g/mol. The van der Waals surface area contributed by atoms with Crippen LogP contribution in [0.2, 0.25) is 0 Å². The second-order valence-corrected chi connectivity index (χ2v) is 37.5. The molecule has 800 valence electrons. The molecule has 17 amide bonds. The van der Waals surface area contributed by atoms with Gasteiger partial charge in [-0.2, -0.15) is 0 Å². The van der Waals surface area contributed by atoms with Gasteiger partial charge in [-0.05, 0) is 173 Å². The molecule has 0 saturated carbocycles. The van der Waals surface area contributed by atoms with Crippen molar-refractivity contribution in [2.45, 2.75) is 340 Å². The summed E-state index contributed by atoms with van der Waals surface area (Å²) in [7, 11) is 0. The van der Waals surface area contributed by atoms with Gasteiger partial charge in [-0.3, -0.25) is 125 Å². The molecule has 0 radical (unpaired) electrons. The minimum atomic E-state index is -1.81. The third kappa shape index (κ3) is 31.1. The number of nitrogens with zero attached hydrogens (tertiary/aromatic N) is 9. The molecule has 0 unspecified atom stereocenters. The SMILES string of the molecule is N[C@@H](CCC(=O)O)C(=O)N1CCC[C@H]1C(=O)N[C@@H](CCC(=O)O)C(=O)N1CCC[C@H]1C(=O)N[C@@H](CCC(=O)O)C(=O)N1CCC[C@H]1C(=O)N[C@@H](CCC(=O)O)C(=O)N1CCC[C@H]1C(=O)N[C@@H](CCC(=O)O)C(=O)N1CCC[C@H]1C(=O)N[C@@H](CCC(=O)O)C(=O)N1CCC[C@H]1C(=O)N[C@@H](CCC(=O)O)C(=O)N1CCC[C@H]1C(=O)N[C@@H](CCC(=O)O)C(=O)N1CCC[C@H]1C(=O)N[C@@H](CCC(=O)O)C(=O)N1CCC[C@H]1C(=O)O. The zero-order valence-corrected chi connectivity index (χ0v) is 79.8. The molecule has 9 aliphatic rings. The lowest BCUT2D eigenvalue weighted by molar-refractivity contribution is -0.150. The summed E-state index contributed by atoms with van der Waals surface area (Å²) in [5.41, 5.74) is 5.99. The average Bonchev–Trinajstić information content (AvgIpc) is 1.68. The van der Waals surface area contributed by atoms with Crippen molar-refractivity contribution in [3.05, 3.63) is 0 Å². The first-order valence-electron chi connectivity index (χ1n) is 48.8. The van der Waals surface area contributed by atoms with Crippen molar-refractivity contribution in [3.8, 4) is 0 Å². The van der Waals surface area contributed by atoms with Crippen LogP contribution in [0, 0.1) is 0 Å². The standard InChI is InChI=1S/C90H128N18O37/c91-46(19-28-64(109)110)81(135)100-37-1-10-55(100)73(127)92-47(20-29-65(111)112)82(136)101-38-2-11-56(101)74(128)93-48(21-30-66(113)114)83(137)102-39-3-12-57(102)75(129)94-49(22-31-67(115)116)84(138)103-40-4-13-58(103)76(130)95-50(23-32-68(117)118)85(139)104-41-5-14-59(104)77(131)96-51(24-33-69(119)120)86(140)105-42-6-15-60(105)78(132)97-52(25-34-70(121)122)87(141)106-43-7-16-61(106)79(133)98-53(26-35-71(123)124)88(142)107-44-8-17-62(107)80(134)99-54(27-36-72(125)126)89(143)108-45-9-18-63(108)90(144)145/h46-63H,1-45,91H2,(H,92,127)(H,93,128)(H,94,129)(H,95,130)(H,96,131)(H,97,132)(H,98,133)(H,99,134)(H,109,110)(H,111,112)(H,113,114)(H,115,116)(H,117,118)(H,119,120)(H,121,122)(H,123,124)(H,125,126)(H,144,145)/t46-,47-,48-,49-,50-,51-,52-,53-,54-,55-,56-,57-,58-,59-,60-,61-,62-,63-/m0/s1. The predicted molar refractivity (Wildman–Crippen MR) is 486 cm³/mol. The molecule has 9 saturated heterocycles. The number of nitrogens with two attached hydrogens (primary N) is 1. The Hall–Kier alpha value is -14.3. The maximum absolute atomic E-state index is 14.9. The number of rotatable bonds is 53. The fraction of sp³-hybridized carbons (Fsp3) is 0.700. The lowest BCUT2D eigenvalue weighted by atomic mass is 10.0. The Bertz CT molecular complexity index is 4800. The summed E-state index contributed by atoms with van der Waals surface area (Å²) < 4.78 is 0. The number of carbonyl (C=O) groups excluding carboxylic acids is 17. The number of amides is 17. The molecule has 0 aromatic rings. The van der Waals surface area contributed by atoms with Crippen LogP contribution in [0.4, 0.5) is 0 Å². The van der Waals surface area contributed by atoms with Crippen LogP contribution >= 0.6 is 0 Å². The van der Waals surface area contributed by atoms with Crippen molar-refractivity contribution >= 4 is 160 Å². The van der Waals surface area contributed by atoms with Gasteiger partial charge in [0.2, 0.25) is 100 Å². The molecule has 9 rings (SSSR count). The first-order chi connectivity index (χ1) is 68.7. The molecule has 55 nitrogen and oxygen atoms in total. The molecular weight excluding hydrogens is 1930 g/mol. The summed E-state index contributed by atoms with van der Waals surface area (Å²) >= 11 is 0. The monoisotopic (exact) mass is 2050 g/mol. The maximum atomic E-state index is 14.9. The minimum Gasteiger partial charge on any atom is -0.481 e. The summed E-state index contributed by atoms with van der Waals surface area (Å²) in [6, 6.07) is -27.9. The third-order valence-corrected chi connectivity index (χ3v) is 27.6. The highest BCUT2D eigenvalue weighted by molar-refractivity contribution is 6.03. The maximum Gasteiger partial charge on any atom is 0.326 e. The van der Waals surface area contributed by atoms with Gasteiger partial charge in [-0.1, -0.05) is 0 Å². The molecule has 0 bridgehead atoms. The molecule has 0 aromatic carbocycles. The van der Waals surface area contributed by atoms with Gasteiger partial charge in [-0.15, -0.1) is 0 Å². The predicted octanol–water partition coefficient (Wildman–Crippen LogP) is -6.02. The minimum absolute atomic E-state index is 0.0153. The Morgan fingerprint density at radius 3 is 0.434 bits per heavy atom. The Morgan fingerprint density at radius 1 is 0.186 bits per heavy atom. The zero-order valence-electron chi connectivity index (χ0n) is 79.8. The van der Waals surface area contributed by atoms with Gasteiger partial charge in [-0.25, -0.2) is 4.79 Å². The summed E-state index contributed by atoms with van der Waals surface area (Å²) in [4.78, 5) is 375. The lowest BCUT2D eigenvalue weighted by Gasteiger charge is -2.34. The number of carboxylic acids is 10. The van der Waals surface area contributed by atoms with Crippen molar-refractivity contribution in [1.82, 2.24) is 86.6 Å². The van der Waals surface area contributed by atoms with Gasteiger partial charge in [0.05, 0.1) is 6.04 Å². The van der Waals surface area contributed by atoms with Gasteiger partial charge in [0, 0.05) is 117 Å². The quantitative estimate of drug-likeness (QED) is 0.0270. The van der Waals surface area contributed by atoms with E-state index in [2.05, 4.69) is 42.5 Å².